The number of hydrogen-bond donors (Lipinski definition) is 4. The molecule has 0 saturated carbocycles. The van der Waals surface area contributed by atoms with Gasteiger partial charge in [0.25, 0.3) is 5.79 Å². The molecule has 0 bridgehead atoms. The van der Waals surface area contributed by atoms with E-state index in [4.69, 9.17) is 14.9 Å². The Morgan fingerprint density at radius 2 is 2.06 bits per heavy atom. The van der Waals surface area contributed by atoms with E-state index >= 15 is 0 Å². The molecule has 1 atom stereocenters. The van der Waals surface area contributed by atoms with E-state index in [0.717, 1.165) is 17.3 Å². The third-order valence-electron chi connectivity index (χ3n) is 2.76. The molecule has 4 N–H and O–H groups in total. The molecule has 18 heavy (non-hydrogen) atoms. The van der Waals surface area contributed by atoms with Gasteiger partial charge in [0.1, 0.15) is 6.61 Å². The summed E-state index contributed by atoms with van der Waals surface area (Å²) < 4.78 is 9.97. The van der Waals surface area contributed by atoms with Gasteiger partial charge >= 0.3 is 5.97 Å². The van der Waals surface area contributed by atoms with E-state index in [0.29, 0.717) is 5.75 Å². The van der Waals surface area contributed by atoms with Crippen LogP contribution in [0.15, 0.2) is 0 Å². The fraction of sp³-hybridized carbons (Fsp3) is 0.800. The topological polar surface area (TPSA) is 120 Å². The molecule has 1 saturated heterocycles. The second kappa shape index (κ2) is 6.48. The van der Waals surface area contributed by atoms with E-state index < -0.39 is 30.4 Å². The highest BCUT2D eigenvalue weighted by atomic mass is 32.2. The van der Waals surface area contributed by atoms with Crippen molar-refractivity contribution in [2.24, 2.45) is 5.41 Å². The van der Waals surface area contributed by atoms with Crippen LogP contribution in [0.2, 0.25) is 0 Å². The summed E-state index contributed by atoms with van der Waals surface area (Å²) in [7, 11) is 0. The van der Waals surface area contributed by atoms with Crippen LogP contribution in [0.3, 0.4) is 0 Å². The number of cyclic esters (lactones) is 1. The van der Waals surface area contributed by atoms with Gasteiger partial charge in [-0.15, -0.1) is 11.8 Å². The van der Waals surface area contributed by atoms with Gasteiger partial charge in [0.2, 0.25) is 0 Å². The van der Waals surface area contributed by atoms with E-state index in [9.17, 15) is 20.1 Å². The first-order valence-corrected chi connectivity index (χ1v) is 6.43. The maximum Gasteiger partial charge on any atom is 0.366 e. The number of esters is 1. The first-order chi connectivity index (χ1) is 8.52. The van der Waals surface area contributed by atoms with Crippen molar-refractivity contribution in [1.82, 2.24) is 0 Å². The molecular formula is C10H17NO6S. The van der Waals surface area contributed by atoms with Gasteiger partial charge in [0.05, 0.1) is 30.8 Å². The summed E-state index contributed by atoms with van der Waals surface area (Å²) in [6.45, 7) is -1.22. The predicted molar refractivity (Wildman–Crippen MR) is 64.3 cm³/mol. The van der Waals surface area contributed by atoms with Crippen molar-refractivity contribution in [3.8, 4) is 0 Å². The molecule has 0 amide bonds. The lowest BCUT2D eigenvalue weighted by atomic mass is 9.93. The molecule has 0 aromatic carbocycles. The van der Waals surface area contributed by atoms with Gasteiger partial charge in [-0.25, -0.2) is 4.79 Å². The average molecular weight is 279 g/mol. The number of ether oxygens (including phenoxy) is 2. The summed E-state index contributed by atoms with van der Waals surface area (Å²) in [4.78, 5) is 11.6. The number of aliphatic hydroxyl groups is 3. The fourth-order valence-corrected chi connectivity index (χ4v) is 1.88. The molecule has 1 unspecified atom stereocenters. The Kier molecular flexibility index (Phi) is 5.54. The minimum absolute atomic E-state index is 0.0290. The number of carbonyl (C=O) groups is 1. The van der Waals surface area contributed by atoms with E-state index in [1.807, 2.05) is 0 Å². The zero-order chi connectivity index (χ0) is 13.6. The van der Waals surface area contributed by atoms with Crippen LogP contribution < -0.4 is 0 Å². The van der Waals surface area contributed by atoms with Gasteiger partial charge in [-0.1, -0.05) is 0 Å². The minimum Gasteiger partial charge on any atom is -0.461 e. The van der Waals surface area contributed by atoms with E-state index in [-0.39, 0.29) is 19.6 Å². The number of rotatable bonds is 6. The third-order valence-corrected chi connectivity index (χ3v) is 3.36. The van der Waals surface area contributed by atoms with Crippen molar-refractivity contribution >= 4 is 23.3 Å². The van der Waals surface area contributed by atoms with Crippen molar-refractivity contribution in [2.45, 2.75) is 12.2 Å². The van der Waals surface area contributed by atoms with Crippen LogP contribution in [0.5, 0.6) is 0 Å². The lowest BCUT2D eigenvalue weighted by Gasteiger charge is -2.27. The van der Waals surface area contributed by atoms with E-state index in [1.165, 1.54) is 0 Å². The Morgan fingerprint density at radius 1 is 1.39 bits per heavy atom. The first-order valence-electron chi connectivity index (χ1n) is 5.38. The van der Waals surface area contributed by atoms with Crippen molar-refractivity contribution in [1.29, 1.82) is 5.41 Å². The highest BCUT2D eigenvalue weighted by Gasteiger charge is 2.46. The molecule has 8 heteroatoms. The van der Waals surface area contributed by atoms with E-state index in [2.05, 4.69) is 0 Å². The highest BCUT2D eigenvalue weighted by molar-refractivity contribution is 8.11. The van der Waals surface area contributed by atoms with Gasteiger partial charge < -0.3 is 30.2 Å². The average Bonchev–Trinajstić information content (AvgIpc) is 2.51. The normalized spacial score (nSPS) is 27.4. The smallest absolute Gasteiger partial charge is 0.366 e. The Labute approximate surface area is 109 Å². The molecule has 0 radical (unpaired) electrons. The number of hydrogen-bond acceptors (Lipinski definition) is 8. The van der Waals surface area contributed by atoms with Gasteiger partial charge in [-0.3, -0.25) is 0 Å². The Hall–Kier alpha value is -0.670. The molecule has 1 fully saturated rings. The molecule has 1 aliphatic rings. The number of aliphatic hydroxyl groups excluding tert-OH is 2. The zero-order valence-corrected chi connectivity index (χ0v) is 10.6. The Morgan fingerprint density at radius 3 is 2.61 bits per heavy atom. The SMILES string of the molecule is N=CSCCC1(O)OCC(CO)(CO)COC1=O. The molecule has 7 nitrogen and oxygen atoms in total. The van der Waals surface area contributed by atoms with Crippen LogP contribution in [-0.4, -0.2) is 64.8 Å². The largest absolute Gasteiger partial charge is 0.461 e. The summed E-state index contributed by atoms with van der Waals surface area (Å²) in [6.07, 6.45) is -0.0290. The highest BCUT2D eigenvalue weighted by Crippen LogP contribution is 2.28. The third kappa shape index (κ3) is 3.42. The standard InChI is InChI=1S/C10H17NO6S/c11-7-18-2-1-10(15)8(14)16-5-9(3-12,4-13)6-17-10/h7,11-13,15H,1-6H2. The Bertz CT molecular complexity index is 309. The molecule has 0 aliphatic carbocycles. The molecular weight excluding hydrogens is 262 g/mol. The minimum atomic E-state index is -2.08. The summed E-state index contributed by atoms with van der Waals surface area (Å²) >= 11 is 1.12. The molecule has 1 heterocycles. The quantitative estimate of drug-likeness (QED) is 0.212. The molecule has 0 aromatic heterocycles. The summed E-state index contributed by atoms with van der Waals surface area (Å²) in [5, 5.41) is 35.2. The summed E-state index contributed by atoms with van der Waals surface area (Å²) in [6, 6.07) is 0. The van der Waals surface area contributed by atoms with Gasteiger partial charge in [0.15, 0.2) is 0 Å². The Balaban J connectivity index is 2.71. The van der Waals surface area contributed by atoms with Crippen LogP contribution in [0.25, 0.3) is 0 Å². The lowest BCUT2D eigenvalue weighted by molar-refractivity contribution is -0.223. The van der Waals surface area contributed by atoms with Gasteiger partial charge in [-0.05, 0) is 0 Å². The van der Waals surface area contributed by atoms with Gasteiger partial charge in [-0.2, -0.15) is 0 Å². The molecule has 1 aliphatic heterocycles. The fourth-order valence-electron chi connectivity index (χ4n) is 1.37. The molecule has 0 aromatic rings. The summed E-state index contributed by atoms with van der Waals surface area (Å²) in [5.41, 5.74) is 0.00592. The second-order valence-corrected chi connectivity index (χ2v) is 5.18. The predicted octanol–water partition coefficient (Wildman–Crippen LogP) is -1.05. The van der Waals surface area contributed by atoms with Crippen molar-refractivity contribution in [3.05, 3.63) is 0 Å². The maximum absolute atomic E-state index is 11.6. The van der Waals surface area contributed by atoms with Crippen LogP contribution in [-0.2, 0) is 14.3 Å². The summed E-state index contributed by atoms with van der Waals surface area (Å²) in [5.74, 6) is -2.69. The van der Waals surface area contributed by atoms with Crippen molar-refractivity contribution in [2.75, 3.05) is 32.2 Å². The van der Waals surface area contributed by atoms with Crippen LogP contribution >= 0.6 is 11.8 Å². The number of thioether (sulfide) groups is 1. The lowest BCUT2D eigenvalue weighted by Crippen LogP contribution is -2.43. The van der Waals surface area contributed by atoms with E-state index in [1.54, 1.807) is 0 Å². The monoisotopic (exact) mass is 279 g/mol. The van der Waals surface area contributed by atoms with Crippen LogP contribution in [0, 0.1) is 10.8 Å². The zero-order valence-electron chi connectivity index (χ0n) is 9.79. The van der Waals surface area contributed by atoms with Crippen LogP contribution in [0.1, 0.15) is 6.42 Å². The first kappa shape index (κ1) is 15.4. The van der Waals surface area contributed by atoms with Crippen molar-refractivity contribution in [3.63, 3.8) is 0 Å². The van der Waals surface area contributed by atoms with Crippen LogP contribution in [0.4, 0.5) is 0 Å². The molecule has 0 spiro atoms. The number of carbonyl (C=O) groups excluding carboxylic acids is 1. The molecule has 1 rings (SSSR count). The van der Waals surface area contributed by atoms with Gasteiger partial charge in [0, 0.05) is 12.2 Å². The maximum atomic E-state index is 11.6. The van der Waals surface area contributed by atoms with Crippen molar-refractivity contribution < 1.29 is 29.6 Å². The second-order valence-electron chi connectivity index (χ2n) is 4.20. The number of nitrogens with one attached hydrogen (secondary N) is 1. The molecule has 104 valence electrons.